The predicted molar refractivity (Wildman–Crippen MR) is 79.3 cm³/mol. The third-order valence-corrected chi connectivity index (χ3v) is 3.90. The summed E-state index contributed by atoms with van der Waals surface area (Å²) < 4.78 is 16.4. The summed E-state index contributed by atoms with van der Waals surface area (Å²) in [6.07, 6.45) is 5.88. The lowest BCUT2D eigenvalue weighted by Crippen LogP contribution is -2.14. The first-order chi connectivity index (χ1) is 9.76. The molecule has 1 aliphatic heterocycles. The summed E-state index contributed by atoms with van der Waals surface area (Å²) in [5, 5.41) is 0. The third-order valence-electron chi connectivity index (χ3n) is 3.90. The lowest BCUT2D eigenvalue weighted by atomic mass is 9.98. The standard InChI is InChI=1S/C16H25NO3/c1-18-14-9-4-10-15(19-2)16(14)13(17)8-3-6-12-7-5-11-20-12/h4,9-10,12-13H,3,5-8,11,17H2,1-2H3. The molecule has 20 heavy (non-hydrogen) atoms. The van der Waals surface area contributed by atoms with Gasteiger partial charge in [0.15, 0.2) is 0 Å². The van der Waals surface area contributed by atoms with Gasteiger partial charge in [-0.1, -0.05) is 6.07 Å². The second kappa shape index (κ2) is 7.50. The zero-order valence-corrected chi connectivity index (χ0v) is 12.4. The minimum atomic E-state index is -0.0671. The molecule has 1 aromatic carbocycles. The fourth-order valence-electron chi connectivity index (χ4n) is 2.83. The maximum atomic E-state index is 6.33. The molecule has 1 aromatic rings. The molecule has 2 unspecified atom stereocenters. The molecule has 2 rings (SSSR count). The number of rotatable bonds is 7. The number of hydrogen-bond donors (Lipinski definition) is 1. The van der Waals surface area contributed by atoms with Crippen LogP contribution in [0.25, 0.3) is 0 Å². The lowest BCUT2D eigenvalue weighted by Gasteiger charge is -2.19. The van der Waals surface area contributed by atoms with Crippen molar-refractivity contribution in [1.29, 1.82) is 0 Å². The van der Waals surface area contributed by atoms with Crippen LogP contribution in [0.5, 0.6) is 11.5 Å². The van der Waals surface area contributed by atoms with E-state index in [1.165, 1.54) is 12.8 Å². The summed E-state index contributed by atoms with van der Waals surface area (Å²) in [5.74, 6) is 1.60. The Kier molecular flexibility index (Phi) is 5.68. The Morgan fingerprint density at radius 3 is 2.55 bits per heavy atom. The first-order valence-electron chi connectivity index (χ1n) is 7.34. The molecule has 1 fully saturated rings. The minimum absolute atomic E-state index is 0.0671. The summed E-state index contributed by atoms with van der Waals surface area (Å²) >= 11 is 0. The van der Waals surface area contributed by atoms with E-state index in [1.807, 2.05) is 18.2 Å². The molecule has 0 aliphatic carbocycles. The van der Waals surface area contributed by atoms with E-state index in [0.717, 1.165) is 42.9 Å². The summed E-state index contributed by atoms with van der Waals surface area (Å²) in [6, 6.07) is 5.71. The molecule has 0 radical (unpaired) electrons. The van der Waals surface area contributed by atoms with E-state index in [-0.39, 0.29) is 6.04 Å². The number of benzene rings is 1. The van der Waals surface area contributed by atoms with Gasteiger partial charge in [-0.05, 0) is 44.2 Å². The first-order valence-corrected chi connectivity index (χ1v) is 7.34. The number of nitrogens with two attached hydrogens (primary N) is 1. The van der Waals surface area contributed by atoms with Crippen molar-refractivity contribution < 1.29 is 14.2 Å². The lowest BCUT2D eigenvalue weighted by molar-refractivity contribution is 0.101. The van der Waals surface area contributed by atoms with Gasteiger partial charge in [-0.25, -0.2) is 0 Å². The van der Waals surface area contributed by atoms with Gasteiger partial charge in [0.25, 0.3) is 0 Å². The molecular weight excluding hydrogens is 254 g/mol. The fourth-order valence-corrected chi connectivity index (χ4v) is 2.83. The van der Waals surface area contributed by atoms with Crippen LogP contribution in [0.1, 0.15) is 43.7 Å². The zero-order valence-electron chi connectivity index (χ0n) is 12.4. The molecule has 0 spiro atoms. The van der Waals surface area contributed by atoms with Gasteiger partial charge in [0.2, 0.25) is 0 Å². The molecule has 2 atom stereocenters. The molecule has 4 nitrogen and oxygen atoms in total. The summed E-state index contributed by atoms with van der Waals surface area (Å²) in [4.78, 5) is 0. The van der Waals surface area contributed by atoms with Crippen molar-refractivity contribution in [2.24, 2.45) is 5.73 Å². The van der Waals surface area contributed by atoms with Crippen molar-refractivity contribution in [3.8, 4) is 11.5 Å². The molecular formula is C16H25NO3. The molecule has 2 N–H and O–H groups in total. The highest BCUT2D eigenvalue weighted by Crippen LogP contribution is 2.35. The topological polar surface area (TPSA) is 53.7 Å². The van der Waals surface area contributed by atoms with E-state index >= 15 is 0 Å². The average molecular weight is 279 g/mol. The Hall–Kier alpha value is -1.26. The smallest absolute Gasteiger partial charge is 0.127 e. The highest BCUT2D eigenvalue weighted by Gasteiger charge is 2.19. The Labute approximate surface area is 121 Å². The van der Waals surface area contributed by atoms with Gasteiger partial charge in [-0.15, -0.1) is 0 Å². The van der Waals surface area contributed by atoms with Crippen LogP contribution >= 0.6 is 0 Å². The van der Waals surface area contributed by atoms with E-state index in [1.54, 1.807) is 14.2 Å². The number of ether oxygens (including phenoxy) is 3. The molecule has 112 valence electrons. The fraction of sp³-hybridized carbons (Fsp3) is 0.625. The van der Waals surface area contributed by atoms with Crippen LogP contribution in [0, 0.1) is 0 Å². The van der Waals surface area contributed by atoms with E-state index in [2.05, 4.69) is 0 Å². The van der Waals surface area contributed by atoms with Crippen molar-refractivity contribution >= 4 is 0 Å². The first kappa shape index (κ1) is 15.1. The molecule has 0 saturated carbocycles. The van der Waals surface area contributed by atoms with Gasteiger partial charge in [0, 0.05) is 12.6 Å². The second-order valence-corrected chi connectivity index (χ2v) is 5.25. The van der Waals surface area contributed by atoms with Gasteiger partial charge in [0.1, 0.15) is 11.5 Å². The largest absolute Gasteiger partial charge is 0.496 e. The van der Waals surface area contributed by atoms with Crippen LogP contribution in [0.15, 0.2) is 18.2 Å². The molecule has 0 aromatic heterocycles. The van der Waals surface area contributed by atoms with Crippen molar-refractivity contribution in [1.82, 2.24) is 0 Å². The number of methoxy groups -OCH3 is 2. The van der Waals surface area contributed by atoms with E-state index in [0.29, 0.717) is 6.10 Å². The van der Waals surface area contributed by atoms with E-state index in [9.17, 15) is 0 Å². The van der Waals surface area contributed by atoms with Crippen molar-refractivity contribution in [2.75, 3.05) is 20.8 Å². The van der Waals surface area contributed by atoms with E-state index < -0.39 is 0 Å². The summed E-state index contributed by atoms with van der Waals surface area (Å²) in [7, 11) is 3.33. The molecule has 0 bridgehead atoms. The van der Waals surface area contributed by atoms with Gasteiger partial charge in [0.05, 0.1) is 25.9 Å². The van der Waals surface area contributed by atoms with Crippen LogP contribution in [0.2, 0.25) is 0 Å². The predicted octanol–water partition coefficient (Wildman–Crippen LogP) is 3.05. The van der Waals surface area contributed by atoms with Crippen LogP contribution in [-0.4, -0.2) is 26.9 Å². The quantitative estimate of drug-likeness (QED) is 0.833. The number of hydrogen-bond acceptors (Lipinski definition) is 4. The second-order valence-electron chi connectivity index (χ2n) is 5.25. The summed E-state index contributed by atoms with van der Waals surface area (Å²) in [5.41, 5.74) is 7.29. The van der Waals surface area contributed by atoms with Crippen LogP contribution in [0.4, 0.5) is 0 Å². The van der Waals surface area contributed by atoms with Crippen molar-refractivity contribution in [3.05, 3.63) is 23.8 Å². The van der Waals surface area contributed by atoms with Crippen LogP contribution < -0.4 is 15.2 Å². The van der Waals surface area contributed by atoms with Crippen LogP contribution in [0.3, 0.4) is 0 Å². The van der Waals surface area contributed by atoms with Crippen molar-refractivity contribution in [2.45, 2.75) is 44.2 Å². The van der Waals surface area contributed by atoms with Gasteiger partial charge >= 0.3 is 0 Å². The maximum absolute atomic E-state index is 6.33. The highest BCUT2D eigenvalue weighted by molar-refractivity contribution is 5.46. The van der Waals surface area contributed by atoms with Crippen molar-refractivity contribution in [3.63, 3.8) is 0 Å². The molecule has 0 amide bonds. The molecule has 1 aliphatic rings. The normalized spacial score (nSPS) is 19.9. The Balaban J connectivity index is 1.95. The summed E-state index contributed by atoms with van der Waals surface area (Å²) in [6.45, 7) is 0.914. The Morgan fingerprint density at radius 1 is 1.30 bits per heavy atom. The SMILES string of the molecule is COc1cccc(OC)c1C(N)CCCC1CCCO1. The van der Waals surface area contributed by atoms with Gasteiger partial charge in [-0.2, -0.15) is 0 Å². The Bertz CT molecular complexity index is 394. The average Bonchev–Trinajstić information content (AvgIpc) is 2.99. The Morgan fingerprint density at radius 2 is 2.00 bits per heavy atom. The highest BCUT2D eigenvalue weighted by atomic mass is 16.5. The van der Waals surface area contributed by atoms with Crippen LogP contribution in [-0.2, 0) is 4.74 Å². The maximum Gasteiger partial charge on any atom is 0.127 e. The molecule has 1 saturated heterocycles. The van der Waals surface area contributed by atoms with Gasteiger partial charge in [-0.3, -0.25) is 0 Å². The molecule has 1 heterocycles. The minimum Gasteiger partial charge on any atom is -0.496 e. The zero-order chi connectivity index (χ0) is 14.4. The van der Waals surface area contributed by atoms with Gasteiger partial charge < -0.3 is 19.9 Å². The molecule has 4 heteroatoms. The third kappa shape index (κ3) is 3.64. The monoisotopic (exact) mass is 279 g/mol. The van der Waals surface area contributed by atoms with E-state index in [4.69, 9.17) is 19.9 Å².